The zero-order chi connectivity index (χ0) is 15.2. The van der Waals surface area contributed by atoms with Crippen molar-refractivity contribution in [2.75, 3.05) is 18.5 Å². The minimum absolute atomic E-state index is 0.0870. The zero-order valence-corrected chi connectivity index (χ0v) is 13.4. The molecule has 2 aromatic carbocycles. The van der Waals surface area contributed by atoms with Crippen LogP contribution < -0.4 is 10.1 Å². The van der Waals surface area contributed by atoms with Gasteiger partial charge in [0.05, 0.1) is 10.7 Å². The number of anilines is 1. The fourth-order valence-corrected chi connectivity index (χ4v) is 2.24. The summed E-state index contributed by atoms with van der Waals surface area (Å²) in [4.78, 5) is 0. The van der Waals surface area contributed by atoms with Crippen molar-refractivity contribution in [1.82, 2.24) is 0 Å². The first-order valence-electron chi connectivity index (χ1n) is 6.30. The van der Waals surface area contributed by atoms with Gasteiger partial charge in [-0.15, -0.1) is 0 Å². The summed E-state index contributed by atoms with van der Waals surface area (Å²) < 4.78 is 19.3. The molecule has 0 heterocycles. The molecule has 0 saturated heterocycles. The Morgan fingerprint density at radius 1 is 1.29 bits per heavy atom. The van der Waals surface area contributed by atoms with E-state index in [2.05, 4.69) is 21.2 Å². The van der Waals surface area contributed by atoms with E-state index in [1.54, 1.807) is 30.3 Å². The molecule has 0 radical (unpaired) electrons. The third kappa shape index (κ3) is 4.88. The fourth-order valence-electron chi connectivity index (χ4n) is 1.67. The van der Waals surface area contributed by atoms with Gasteiger partial charge in [-0.3, -0.25) is 0 Å². The van der Waals surface area contributed by atoms with Crippen LogP contribution in [-0.4, -0.2) is 24.4 Å². The average molecular weight is 375 g/mol. The summed E-state index contributed by atoms with van der Waals surface area (Å²) in [5, 5.41) is 13.3. The lowest BCUT2D eigenvalue weighted by atomic mass is 10.3. The van der Waals surface area contributed by atoms with Crippen molar-refractivity contribution in [2.45, 2.75) is 6.10 Å². The van der Waals surface area contributed by atoms with Crippen LogP contribution in [0.1, 0.15) is 0 Å². The highest BCUT2D eigenvalue weighted by molar-refractivity contribution is 9.10. The zero-order valence-electron chi connectivity index (χ0n) is 11.0. The quantitative estimate of drug-likeness (QED) is 0.800. The molecule has 0 aliphatic rings. The van der Waals surface area contributed by atoms with Crippen LogP contribution in [0.2, 0.25) is 5.02 Å². The topological polar surface area (TPSA) is 41.5 Å². The number of benzene rings is 2. The summed E-state index contributed by atoms with van der Waals surface area (Å²) in [6.07, 6.45) is -0.753. The molecule has 112 valence electrons. The van der Waals surface area contributed by atoms with Crippen LogP contribution in [0.5, 0.6) is 5.75 Å². The monoisotopic (exact) mass is 373 g/mol. The van der Waals surface area contributed by atoms with Crippen molar-refractivity contribution in [3.8, 4) is 5.75 Å². The van der Waals surface area contributed by atoms with Crippen LogP contribution in [-0.2, 0) is 0 Å². The number of hydrogen-bond donors (Lipinski definition) is 2. The Bertz CT molecular complexity index is 612. The minimum Gasteiger partial charge on any atom is -0.489 e. The number of aliphatic hydroxyl groups excluding tert-OH is 1. The molecule has 0 aliphatic carbocycles. The smallest absolute Gasteiger partial charge is 0.138 e. The lowest BCUT2D eigenvalue weighted by molar-refractivity contribution is 0.117. The highest BCUT2D eigenvalue weighted by Crippen LogP contribution is 2.24. The van der Waals surface area contributed by atoms with E-state index in [1.807, 2.05) is 0 Å². The first kappa shape index (κ1) is 16.1. The highest BCUT2D eigenvalue weighted by atomic mass is 79.9. The molecule has 2 rings (SSSR count). The summed E-state index contributed by atoms with van der Waals surface area (Å²) in [5.41, 5.74) is 0.576. The fraction of sp³-hybridized carbons (Fsp3) is 0.200. The summed E-state index contributed by atoms with van der Waals surface area (Å²) >= 11 is 9.26. The predicted molar refractivity (Wildman–Crippen MR) is 85.5 cm³/mol. The molecule has 2 aromatic rings. The Morgan fingerprint density at radius 2 is 2.05 bits per heavy atom. The molecular weight excluding hydrogens is 361 g/mol. The van der Waals surface area contributed by atoms with Gasteiger partial charge in [-0.2, -0.15) is 0 Å². The number of para-hydroxylation sites is 1. The van der Waals surface area contributed by atoms with Gasteiger partial charge in [0.25, 0.3) is 0 Å². The predicted octanol–water partition coefficient (Wildman–Crippen LogP) is 4.09. The molecule has 0 fully saturated rings. The molecule has 0 spiro atoms. The molecule has 0 amide bonds. The van der Waals surface area contributed by atoms with Gasteiger partial charge in [0.2, 0.25) is 0 Å². The summed E-state index contributed by atoms with van der Waals surface area (Å²) in [6, 6.07) is 11.4. The van der Waals surface area contributed by atoms with Gasteiger partial charge in [-0.25, -0.2) is 4.39 Å². The van der Waals surface area contributed by atoms with Crippen molar-refractivity contribution in [3.63, 3.8) is 0 Å². The number of hydrogen-bond acceptors (Lipinski definition) is 3. The Morgan fingerprint density at radius 3 is 2.81 bits per heavy atom. The third-order valence-corrected chi connectivity index (χ3v) is 3.73. The normalized spacial score (nSPS) is 12.0. The van der Waals surface area contributed by atoms with Gasteiger partial charge < -0.3 is 15.2 Å². The van der Waals surface area contributed by atoms with Gasteiger partial charge in [0, 0.05) is 11.0 Å². The van der Waals surface area contributed by atoms with E-state index in [-0.39, 0.29) is 19.0 Å². The molecule has 0 saturated carbocycles. The molecule has 0 aliphatic heterocycles. The van der Waals surface area contributed by atoms with E-state index >= 15 is 0 Å². The molecule has 0 bridgehead atoms. The lowest BCUT2D eigenvalue weighted by Gasteiger charge is -2.15. The van der Waals surface area contributed by atoms with Gasteiger partial charge in [0.15, 0.2) is 0 Å². The summed E-state index contributed by atoms with van der Waals surface area (Å²) in [7, 11) is 0. The van der Waals surface area contributed by atoms with E-state index < -0.39 is 6.10 Å². The number of nitrogens with one attached hydrogen (secondary N) is 1. The second-order valence-electron chi connectivity index (χ2n) is 4.40. The van der Waals surface area contributed by atoms with Gasteiger partial charge >= 0.3 is 0 Å². The number of ether oxygens (including phenoxy) is 1. The second kappa shape index (κ2) is 7.64. The second-order valence-corrected chi connectivity index (χ2v) is 5.66. The van der Waals surface area contributed by atoms with Gasteiger partial charge in [-0.1, -0.05) is 23.7 Å². The van der Waals surface area contributed by atoms with Crippen LogP contribution >= 0.6 is 27.5 Å². The van der Waals surface area contributed by atoms with Crippen molar-refractivity contribution in [3.05, 3.63) is 57.8 Å². The van der Waals surface area contributed by atoms with Gasteiger partial charge in [0.1, 0.15) is 24.3 Å². The molecule has 21 heavy (non-hydrogen) atoms. The Kier molecular flexibility index (Phi) is 5.85. The standard InChI is InChI=1S/C15H14BrClFNO2/c16-12-6-5-10(18)7-14(12)19-8-11(20)9-21-15-4-2-1-3-13(15)17/h1-7,11,19-20H,8-9H2. The number of aliphatic hydroxyl groups is 1. The van der Waals surface area contributed by atoms with Crippen molar-refractivity contribution >= 4 is 33.2 Å². The van der Waals surface area contributed by atoms with Crippen molar-refractivity contribution < 1.29 is 14.2 Å². The van der Waals surface area contributed by atoms with Crippen LogP contribution in [0.25, 0.3) is 0 Å². The van der Waals surface area contributed by atoms with Crippen LogP contribution in [0.3, 0.4) is 0 Å². The molecule has 0 aromatic heterocycles. The van der Waals surface area contributed by atoms with Crippen molar-refractivity contribution in [2.24, 2.45) is 0 Å². The summed E-state index contributed by atoms with van der Waals surface area (Å²) in [6.45, 7) is 0.316. The molecule has 2 N–H and O–H groups in total. The maximum atomic E-state index is 13.1. The maximum Gasteiger partial charge on any atom is 0.138 e. The van der Waals surface area contributed by atoms with Crippen LogP contribution in [0.4, 0.5) is 10.1 Å². The molecule has 1 unspecified atom stereocenters. The first-order valence-corrected chi connectivity index (χ1v) is 7.47. The Balaban J connectivity index is 1.84. The lowest BCUT2D eigenvalue weighted by Crippen LogP contribution is -2.26. The Hall–Kier alpha value is -1.30. The summed E-state index contributed by atoms with van der Waals surface area (Å²) in [5.74, 6) is 0.174. The van der Waals surface area contributed by atoms with E-state index in [1.165, 1.54) is 12.1 Å². The average Bonchev–Trinajstić information content (AvgIpc) is 2.47. The largest absolute Gasteiger partial charge is 0.489 e. The van der Waals surface area contributed by atoms with Gasteiger partial charge in [-0.05, 0) is 46.3 Å². The SMILES string of the molecule is OC(CNc1cc(F)ccc1Br)COc1ccccc1Cl. The maximum absolute atomic E-state index is 13.1. The molecule has 6 heteroatoms. The van der Waals surface area contributed by atoms with Crippen molar-refractivity contribution in [1.29, 1.82) is 0 Å². The number of halogens is 3. The Labute approximate surface area is 135 Å². The third-order valence-electron chi connectivity index (χ3n) is 2.72. The van der Waals surface area contributed by atoms with Crippen LogP contribution in [0, 0.1) is 5.82 Å². The van der Waals surface area contributed by atoms with E-state index in [4.69, 9.17) is 16.3 Å². The number of rotatable bonds is 6. The first-order chi connectivity index (χ1) is 10.1. The van der Waals surface area contributed by atoms with E-state index in [9.17, 15) is 9.50 Å². The molecule has 3 nitrogen and oxygen atoms in total. The van der Waals surface area contributed by atoms with E-state index in [0.29, 0.717) is 16.5 Å². The highest BCUT2D eigenvalue weighted by Gasteiger charge is 2.08. The van der Waals surface area contributed by atoms with Crippen LogP contribution in [0.15, 0.2) is 46.9 Å². The minimum atomic E-state index is -0.753. The molecular formula is C15H14BrClFNO2. The van der Waals surface area contributed by atoms with E-state index in [0.717, 1.165) is 4.47 Å². The molecule has 1 atom stereocenters.